The first-order valence-corrected chi connectivity index (χ1v) is 7.91. The molecule has 0 spiro atoms. The van der Waals surface area contributed by atoms with Crippen LogP contribution in [0.1, 0.15) is 53.4 Å². The lowest BCUT2D eigenvalue weighted by molar-refractivity contribution is 0.105. The van der Waals surface area contributed by atoms with E-state index in [-0.39, 0.29) is 0 Å². The van der Waals surface area contributed by atoms with Gasteiger partial charge in [-0.25, -0.2) is 0 Å². The van der Waals surface area contributed by atoms with Crippen molar-refractivity contribution < 1.29 is 0 Å². The molecule has 0 aromatic heterocycles. The van der Waals surface area contributed by atoms with E-state index in [2.05, 4.69) is 37.9 Å². The molecule has 1 aliphatic carbocycles. The lowest BCUT2D eigenvalue weighted by Crippen LogP contribution is -2.56. The van der Waals surface area contributed by atoms with Crippen molar-refractivity contribution in [3.8, 4) is 0 Å². The Balaban J connectivity index is 1.82. The van der Waals surface area contributed by atoms with Gasteiger partial charge in [-0.15, -0.1) is 0 Å². The van der Waals surface area contributed by atoms with Gasteiger partial charge in [0.15, 0.2) is 0 Å². The van der Waals surface area contributed by atoms with E-state index in [9.17, 15) is 0 Å². The monoisotopic (exact) mass is 252 g/mol. The van der Waals surface area contributed by atoms with Gasteiger partial charge < -0.3 is 10.2 Å². The molecule has 2 aliphatic rings. The molecular formula is C16H32N2. The Morgan fingerprint density at radius 1 is 1.22 bits per heavy atom. The highest BCUT2D eigenvalue weighted by molar-refractivity contribution is 4.88. The van der Waals surface area contributed by atoms with Crippen molar-refractivity contribution in [2.45, 2.75) is 59.4 Å². The summed E-state index contributed by atoms with van der Waals surface area (Å²) >= 11 is 0. The van der Waals surface area contributed by atoms with Gasteiger partial charge in [0, 0.05) is 32.2 Å². The smallest absolute Gasteiger partial charge is 0.0244 e. The second kappa shape index (κ2) is 5.92. The minimum atomic E-state index is 0.387. The molecule has 18 heavy (non-hydrogen) atoms. The summed E-state index contributed by atoms with van der Waals surface area (Å²) < 4.78 is 0. The summed E-state index contributed by atoms with van der Waals surface area (Å²) in [6.45, 7) is 14.5. The Morgan fingerprint density at radius 2 is 2.00 bits per heavy atom. The van der Waals surface area contributed by atoms with Gasteiger partial charge in [-0.05, 0) is 30.1 Å². The van der Waals surface area contributed by atoms with Crippen molar-refractivity contribution in [3.63, 3.8) is 0 Å². The summed E-state index contributed by atoms with van der Waals surface area (Å²) in [5, 5.41) is 3.69. The minimum Gasteiger partial charge on any atom is -0.311 e. The molecule has 0 bridgehead atoms. The van der Waals surface area contributed by atoms with Crippen LogP contribution in [0.4, 0.5) is 0 Å². The fourth-order valence-electron chi connectivity index (χ4n) is 3.65. The van der Waals surface area contributed by atoms with E-state index in [1.165, 1.54) is 51.9 Å². The largest absolute Gasteiger partial charge is 0.311 e. The van der Waals surface area contributed by atoms with Crippen LogP contribution in [0, 0.1) is 17.3 Å². The molecule has 0 amide bonds. The maximum Gasteiger partial charge on any atom is 0.0244 e. The lowest BCUT2D eigenvalue weighted by Gasteiger charge is -2.42. The Bertz CT molecular complexity index is 256. The maximum absolute atomic E-state index is 3.69. The van der Waals surface area contributed by atoms with Gasteiger partial charge >= 0.3 is 0 Å². The molecule has 3 atom stereocenters. The van der Waals surface area contributed by atoms with E-state index in [1.54, 1.807) is 0 Å². The topological polar surface area (TPSA) is 15.3 Å². The average Bonchev–Trinajstić information content (AvgIpc) is 2.28. The fourth-order valence-corrected chi connectivity index (χ4v) is 3.65. The molecule has 1 heterocycles. The molecule has 1 saturated heterocycles. The standard InChI is InChI=1S/C16H32N2/c1-13-6-5-7-14(10-13)11-18-9-8-17-15(12-18)16(2,3)4/h13-15,17H,5-12H2,1-4H3. The summed E-state index contributed by atoms with van der Waals surface area (Å²) in [4.78, 5) is 2.72. The van der Waals surface area contributed by atoms with Crippen molar-refractivity contribution in [1.29, 1.82) is 0 Å². The van der Waals surface area contributed by atoms with Crippen LogP contribution in [0.25, 0.3) is 0 Å². The van der Waals surface area contributed by atoms with Crippen molar-refractivity contribution in [2.24, 2.45) is 17.3 Å². The highest BCUT2D eigenvalue weighted by Crippen LogP contribution is 2.30. The second-order valence-electron chi connectivity index (χ2n) is 7.77. The quantitative estimate of drug-likeness (QED) is 0.812. The van der Waals surface area contributed by atoms with Crippen molar-refractivity contribution in [1.82, 2.24) is 10.2 Å². The van der Waals surface area contributed by atoms with E-state index in [0.29, 0.717) is 11.5 Å². The van der Waals surface area contributed by atoms with Crippen molar-refractivity contribution in [3.05, 3.63) is 0 Å². The molecule has 1 N–H and O–H groups in total. The molecule has 0 aromatic carbocycles. The zero-order chi connectivity index (χ0) is 13.2. The number of piperazine rings is 1. The summed E-state index contributed by atoms with van der Waals surface area (Å²) in [5.41, 5.74) is 0.387. The fraction of sp³-hybridized carbons (Fsp3) is 1.00. The SMILES string of the molecule is CC1CCCC(CN2CCNC(C(C)(C)C)C2)C1. The first-order chi connectivity index (χ1) is 8.45. The predicted octanol–water partition coefficient (Wildman–Crippen LogP) is 3.13. The first-order valence-electron chi connectivity index (χ1n) is 7.91. The van der Waals surface area contributed by atoms with Crippen molar-refractivity contribution in [2.75, 3.05) is 26.2 Å². The summed E-state index contributed by atoms with van der Waals surface area (Å²) in [5.74, 6) is 1.93. The van der Waals surface area contributed by atoms with E-state index in [0.717, 1.165) is 11.8 Å². The maximum atomic E-state index is 3.69. The first kappa shape index (κ1) is 14.3. The molecule has 2 fully saturated rings. The number of nitrogens with one attached hydrogen (secondary N) is 1. The van der Waals surface area contributed by atoms with Gasteiger partial charge in [-0.3, -0.25) is 0 Å². The molecule has 3 unspecified atom stereocenters. The van der Waals surface area contributed by atoms with Gasteiger partial charge in [0.05, 0.1) is 0 Å². The molecule has 0 aromatic rings. The van der Waals surface area contributed by atoms with Gasteiger partial charge in [0.1, 0.15) is 0 Å². The van der Waals surface area contributed by atoms with Gasteiger partial charge in [0.2, 0.25) is 0 Å². The van der Waals surface area contributed by atoms with Crippen LogP contribution in [-0.2, 0) is 0 Å². The van der Waals surface area contributed by atoms with Crippen molar-refractivity contribution >= 4 is 0 Å². The highest BCUT2D eigenvalue weighted by atomic mass is 15.2. The molecule has 2 nitrogen and oxygen atoms in total. The minimum absolute atomic E-state index is 0.387. The molecule has 1 aliphatic heterocycles. The molecule has 1 saturated carbocycles. The van der Waals surface area contributed by atoms with Crippen LogP contribution in [0.2, 0.25) is 0 Å². The van der Waals surface area contributed by atoms with Crippen LogP contribution in [0.3, 0.4) is 0 Å². The summed E-state index contributed by atoms with van der Waals surface area (Å²) in [6.07, 6.45) is 5.85. The summed E-state index contributed by atoms with van der Waals surface area (Å²) in [7, 11) is 0. The van der Waals surface area contributed by atoms with Gasteiger partial charge in [-0.2, -0.15) is 0 Å². The molecular weight excluding hydrogens is 220 g/mol. The van der Waals surface area contributed by atoms with Crippen LogP contribution >= 0.6 is 0 Å². The molecule has 2 heteroatoms. The van der Waals surface area contributed by atoms with E-state index < -0.39 is 0 Å². The Morgan fingerprint density at radius 3 is 2.67 bits per heavy atom. The van der Waals surface area contributed by atoms with E-state index in [4.69, 9.17) is 0 Å². The Labute approximate surface area is 114 Å². The molecule has 0 radical (unpaired) electrons. The third kappa shape index (κ3) is 3.96. The molecule has 106 valence electrons. The van der Waals surface area contributed by atoms with Crippen LogP contribution < -0.4 is 5.32 Å². The number of hydrogen-bond donors (Lipinski definition) is 1. The predicted molar refractivity (Wildman–Crippen MR) is 78.8 cm³/mol. The highest BCUT2D eigenvalue weighted by Gasteiger charge is 2.30. The second-order valence-corrected chi connectivity index (χ2v) is 7.77. The number of rotatable bonds is 2. The Hall–Kier alpha value is -0.0800. The average molecular weight is 252 g/mol. The van der Waals surface area contributed by atoms with Gasteiger partial charge in [0.25, 0.3) is 0 Å². The lowest BCUT2D eigenvalue weighted by atomic mass is 9.81. The van der Waals surface area contributed by atoms with Crippen LogP contribution in [0.15, 0.2) is 0 Å². The third-order valence-corrected chi connectivity index (χ3v) is 4.87. The van der Waals surface area contributed by atoms with E-state index >= 15 is 0 Å². The zero-order valence-electron chi connectivity index (χ0n) is 12.8. The number of hydrogen-bond acceptors (Lipinski definition) is 2. The normalized spacial score (nSPS) is 35.7. The summed E-state index contributed by atoms with van der Waals surface area (Å²) in [6, 6.07) is 0.660. The molecule has 2 rings (SSSR count). The zero-order valence-corrected chi connectivity index (χ0v) is 12.8. The third-order valence-electron chi connectivity index (χ3n) is 4.87. The van der Waals surface area contributed by atoms with Gasteiger partial charge in [-0.1, -0.05) is 40.5 Å². The Kier molecular flexibility index (Phi) is 4.71. The number of nitrogens with zero attached hydrogens (tertiary/aromatic N) is 1. The van der Waals surface area contributed by atoms with E-state index in [1.807, 2.05) is 0 Å². The van der Waals surface area contributed by atoms with Crippen LogP contribution in [-0.4, -0.2) is 37.1 Å². The van der Waals surface area contributed by atoms with Crippen LogP contribution in [0.5, 0.6) is 0 Å².